The molecule has 0 saturated carbocycles. The van der Waals surface area contributed by atoms with Crippen molar-refractivity contribution in [1.82, 2.24) is 4.98 Å². The maximum atomic E-state index is 11.3. The number of methoxy groups -OCH3 is 1. The summed E-state index contributed by atoms with van der Waals surface area (Å²) in [6, 6.07) is 22.3. The van der Waals surface area contributed by atoms with E-state index in [-0.39, 0.29) is 5.92 Å². The van der Waals surface area contributed by atoms with Crippen LogP contribution < -0.4 is 0 Å². The van der Waals surface area contributed by atoms with Crippen molar-refractivity contribution in [1.29, 1.82) is 0 Å². The van der Waals surface area contributed by atoms with Gasteiger partial charge in [0.25, 0.3) is 0 Å². The van der Waals surface area contributed by atoms with Gasteiger partial charge in [-0.1, -0.05) is 48.5 Å². The number of rotatable bonds is 4. The highest BCUT2D eigenvalue weighted by Gasteiger charge is 2.46. The maximum Gasteiger partial charge on any atom is 0.195 e. The van der Waals surface area contributed by atoms with Crippen LogP contribution in [-0.4, -0.2) is 17.2 Å². The first-order valence-corrected chi connectivity index (χ1v) is 8.57. The van der Waals surface area contributed by atoms with Gasteiger partial charge in [0.05, 0.1) is 5.69 Å². The molecule has 3 heteroatoms. The quantitative estimate of drug-likeness (QED) is 0.736. The van der Waals surface area contributed by atoms with E-state index in [0.29, 0.717) is 0 Å². The number of nitrogens with zero attached hydrogens (tertiary/aromatic N) is 1. The fraction of sp³-hybridized carbons (Fsp3) is 0.227. The lowest BCUT2D eigenvalue weighted by atomic mass is 9.91. The molecule has 0 saturated heterocycles. The highest BCUT2D eigenvalue weighted by Crippen LogP contribution is 2.44. The Balaban J connectivity index is 1.70. The molecule has 1 heterocycles. The monoisotopic (exact) mass is 331 g/mol. The molecule has 0 aliphatic heterocycles. The Morgan fingerprint density at radius 3 is 2.60 bits per heavy atom. The van der Waals surface area contributed by atoms with Crippen molar-refractivity contribution >= 4 is 0 Å². The first-order valence-electron chi connectivity index (χ1n) is 8.57. The third-order valence-corrected chi connectivity index (χ3v) is 5.11. The lowest BCUT2D eigenvalue weighted by molar-refractivity contribution is -0.222. The number of fused-ring (bicyclic) bond motifs is 1. The molecule has 1 N–H and O–H groups in total. The van der Waals surface area contributed by atoms with Crippen LogP contribution in [0, 0.1) is 5.92 Å². The highest BCUT2D eigenvalue weighted by molar-refractivity contribution is 5.62. The zero-order valence-corrected chi connectivity index (χ0v) is 14.2. The first kappa shape index (κ1) is 16.0. The summed E-state index contributed by atoms with van der Waals surface area (Å²) in [4.78, 5) is 4.41. The summed E-state index contributed by atoms with van der Waals surface area (Å²) in [6.07, 6.45) is 3.36. The van der Waals surface area contributed by atoms with Gasteiger partial charge in [-0.25, -0.2) is 0 Å². The van der Waals surface area contributed by atoms with Crippen LogP contribution in [0.1, 0.15) is 16.7 Å². The van der Waals surface area contributed by atoms with Crippen molar-refractivity contribution < 1.29 is 9.84 Å². The van der Waals surface area contributed by atoms with Gasteiger partial charge in [0.2, 0.25) is 0 Å². The molecule has 1 aromatic heterocycles. The minimum Gasteiger partial charge on any atom is -0.362 e. The summed E-state index contributed by atoms with van der Waals surface area (Å²) in [7, 11) is 1.58. The van der Waals surface area contributed by atoms with E-state index in [9.17, 15) is 5.11 Å². The molecule has 4 rings (SSSR count). The van der Waals surface area contributed by atoms with Gasteiger partial charge in [-0.05, 0) is 42.2 Å². The van der Waals surface area contributed by atoms with E-state index in [1.54, 1.807) is 13.3 Å². The normalized spacial score (nSPS) is 21.9. The second kappa shape index (κ2) is 6.43. The molecule has 2 unspecified atom stereocenters. The second-order valence-electron chi connectivity index (χ2n) is 6.58. The number of benzene rings is 2. The summed E-state index contributed by atoms with van der Waals surface area (Å²) < 4.78 is 5.64. The molecule has 3 nitrogen and oxygen atoms in total. The summed E-state index contributed by atoms with van der Waals surface area (Å²) in [5, 5.41) is 11.3. The molecule has 0 radical (unpaired) electrons. The smallest absolute Gasteiger partial charge is 0.195 e. The van der Waals surface area contributed by atoms with E-state index >= 15 is 0 Å². The Labute approximate surface area is 147 Å². The van der Waals surface area contributed by atoms with Crippen LogP contribution in [-0.2, 0) is 23.4 Å². The number of pyridine rings is 1. The van der Waals surface area contributed by atoms with Crippen LogP contribution in [0.5, 0.6) is 0 Å². The molecular formula is C22H21NO2. The Kier molecular flexibility index (Phi) is 4.12. The van der Waals surface area contributed by atoms with Crippen molar-refractivity contribution in [3.05, 3.63) is 89.6 Å². The van der Waals surface area contributed by atoms with Gasteiger partial charge in [-0.2, -0.15) is 0 Å². The molecule has 2 aromatic carbocycles. The number of aromatic nitrogens is 1. The zero-order chi connectivity index (χ0) is 17.3. The van der Waals surface area contributed by atoms with Gasteiger partial charge in [-0.15, -0.1) is 0 Å². The Bertz CT molecular complexity index is 864. The fourth-order valence-electron chi connectivity index (χ4n) is 3.79. The van der Waals surface area contributed by atoms with Gasteiger partial charge in [0, 0.05) is 30.4 Å². The van der Waals surface area contributed by atoms with Gasteiger partial charge >= 0.3 is 0 Å². The number of ether oxygens (including phenoxy) is 1. The lowest BCUT2D eigenvalue weighted by Gasteiger charge is -2.30. The summed E-state index contributed by atoms with van der Waals surface area (Å²) in [6.45, 7) is 0. The van der Waals surface area contributed by atoms with Gasteiger partial charge in [0.15, 0.2) is 5.79 Å². The molecule has 0 amide bonds. The van der Waals surface area contributed by atoms with Crippen molar-refractivity contribution in [3.63, 3.8) is 0 Å². The molecule has 0 spiro atoms. The SMILES string of the molecule is COC1(O)c2cc(-c3ccccn3)ccc2CC1Cc1ccccc1. The topological polar surface area (TPSA) is 42.4 Å². The number of aliphatic hydroxyl groups is 1. The summed E-state index contributed by atoms with van der Waals surface area (Å²) in [5.41, 5.74) is 5.11. The van der Waals surface area contributed by atoms with Crippen LogP contribution in [0.3, 0.4) is 0 Å². The molecule has 0 fully saturated rings. The van der Waals surface area contributed by atoms with Crippen LogP contribution in [0.25, 0.3) is 11.3 Å². The molecule has 1 aliphatic carbocycles. The third kappa shape index (κ3) is 2.86. The van der Waals surface area contributed by atoms with E-state index < -0.39 is 5.79 Å². The average Bonchev–Trinajstić information content (AvgIpc) is 2.95. The molecule has 1 aliphatic rings. The molecule has 2 atom stereocenters. The molecular weight excluding hydrogens is 310 g/mol. The molecule has 3 aromatic rings. The summed E-state index contributed by atoms with van der Waals surface area (Å²) in [5.74, 6) is -1.27. The van der Waals surface area contributed by atoms with Crippen molar-refractivity contribution in [2.75, 3.05) is 7.11 Å². The second-order valence-corrected chi connectivity index (χ2v) is 6.58. The maximum absolute atomic E-state index is 11.3. The fourth-order valence-corrected chi connectivity index (χ4v) is 3.79. The van der Waals surface area contributed by atoms with E-state index in [4.69, 9.17) is 4.74 Å². The van der Waals surface area contributed by atoms with E-state index in [0.717, 1.165) is 35.2 Å². The zero-order valence-electron chi connectivity index (χ0n) is 14.2. The Hall–Kier alpha value is -2.49. The van der Waals surface area contributed by atoms with E-state index in [1.807, 2.05) is 42.5 Å². The molecule has 0 bridgehead atoms. The minimum atomic E-state index is -1.27. The molecule has 126 valence electrons. The minimum absolute atomic E-state index is 0.00566. The summed E-state index contributed by atoms with van der Waals surface area (Å²) >= 11 is 0. The third-order valence-electron chi connectivity index (χ3n) is 5.11. The van der Waals surface area contributed by atoms with Gasteiger partial charge < -0.3 is 9.84 Å². The van der Waals surface area contributed by atoms with Crippen molar-refractivity contribution in [3.8, 4) is 11.3 Å². The highest BCUT2D eigenvalue weighted by atomic mass is 16.6. The van der Waals surface area contributed by atoms with Gasteiger partial charge in [-0.3, -0.25) is 4.98 Å². The standard InChI is InChI=1S/C22H21NO2/c1-25-22(24)19(13-16-7-3-2-4-8-16)14-17-10-11-18(15-20(17)22)21-9-5-6-12-23-21/h2-12,15,19,24H,13-14H2,1H3. The largest absolute Gasteiger partial charge is 0.362 e. The van der Waals surface area contributed by atoms with Crippen LogP contribution in [0.15, 0.2) is 72.9 Å². The van der Waals surface area contributed by atoms with Crippen molar-refractivity contribution in [2.45, 2.75) is 18.6 Å². The number of hydrogen-bond acceptors (Lipinski definition) is 3. The van der Waals surface area contributed by atoms with Crippen LogP contribution in [0.2, 0.25) is 0 Å². The van der Waals surface area contributed by atoms with E-state index in [2.05, 4.69) is 29.2 Å². The van der Waals surface area contributed by atoms with Gasteiger partial charge in [0.1, 0.15) is 0 Å². The Morgan fingerprint density at radius 2 is 1.88 bits per heavy atom. The van der Waals surface area contributed by atoms with Crippen molar-refractivity contribution in [2.24, 2.45) is 5.92 Å². The number of hydrogen-bond donors (Lipinski definition) is 1. The van der Waals surface area contributed by atoms with Crippen LogP contribution >= 0.6 is 0 Å². The molecule has 25 heavy (non-hydrogen) atoms. The predicted molar refractivity (Wildman–Crippen MR) is 97.9 cm³/mol. The Morgan fingerprint density at radius 1 is 1.08 bits per heavy atom. The van der Waals surface area contributed by atoms with Crippen LogP contribution in [0.4, 0.5) is 0 Å². The average molecular weight is 331 g/mol. The first-order chi connectivity index (χ1) is 12.2. The predicted octanol–water partition coefficient (Wildman–Crippen LogP) is 3.96. The lowest BCUT2D eigenvalue weighted by Crippen LogP contribution is -2.34. The van der Waals surface area contributed by atoms with E-state index in [1.165, 1.54) is 5.56 Å².